The second-order valence-electron chi connectivity index (χ2n) is 5.55. The van der Waals surface area contributed by atoms with Gasteiger partial charge in [0, 0.05) is 25.3 Å². The van der Waals surface area contributed by atoms with Crippen molar-refractivity contribution >= 4 is 29.3 Å². The third-order valence-electron chi connectivity index (χ3n) is 3.55. The van der Waals surface area contributed by atoms with Crippen LogP contribution in [-0.4, -0.2) is 33.0 Å². The van der Waals surface area contributed by atoms with Gasteiger partial charge in [0.05, 0.1) is 5.02 Å². The smallest absolute Gasteiger partial charge is 0.216 e. The zero-order valence-electron chi connectivity index (χ0n) is 13.4. The van der Waals surface area contributed by atoms with Gasteiger partial charge in [-0.25, -0.2) is 0 Å². The maximum Gasteiger partial charge on any atom is 0.216 e. The van der Waals surface area contributed by atoms with E-state index in [0.29, 0.717) is 30.0 Å². The summed E-state index contributed by atoms with van der Waals surface area (Å²) in [7, 11) is 0. The van der Waals surface area contributed by atoms with Crippen molar-refractivity contribution in [3.05, 3.63) is 35.1 Å². The van der Waals surface area contributed by atoms with Gasteiger partial charge in [0.1, 0.15) is 12.4 Å². The van der Waals surface area contributed by atoms with Crippen molar-refractivity contribution in [1.29, 1.82) is 0 Å². The Hall–Kier alpha value is -1.73. The van der Waals surface area contributed by atoms with Crippen molar-refractivity contribution in [1.82, 2.24) is 20.1 Å². The van der Waals surface area contributed by atoms with Crippen LogP contribution in [0.15, 0.2) is 29.4 Å². The number of benzene rings is 1. The Labute approximate surface area is 149 Å². The summed E-state index contributed by atoms with van der Waals surface area (Å²) in [6, 6.07) is 7.84. The molecular formula is C16H19ClN4O2S. The van der Waals surface area contributed by atoms with Crippen molar-refractivity contribution in [2.24, 2.45) is 0 Å². The number of amides is 1. The van der Waals surface area contributed by atoms with E-state index in [1.54, 1.807) is 17.8 Å². The number of hydrogen-bond acceptors (Lipinski definition) is 5. The minimum absolute atomic E-state index is 0.0203. The van der Waals surface area contributed by atoms with E-state index in [4.69, 9.17) is 16.3 Å². The van der Waals surface area contributed by atoms with Crippen LogP contribution in [0.4, 0.5) is 0 Å². The third kappa shape index (κ3) is 4.42. The van der Waals surface area contributed by atoms with E-state index in [9.17, 15) is 4.79 Å². The number of nitrogens with zero attached hydrogens (tertiary/aromatic N) is 3. The fourth-order valence-corrected chi connectivity index (χ4v) is 3.35. The van der Waals surface area contributed by atoms with Gasteiger partial charge in [0.25, 0.3) is 0 Å². The van der Waals surface area contributed by atoms with Gasteiger partial charge < -0.3 is 14.6 Å². The van der Waals surface area contributed by atoms with Crippen molar-refractivity contribution in [2.75, 3.05) is 12.3 Å². The number of hydrogen-bond donors (Lipinski definition) is 1. The normalized spacial score (nSPS) is 13.8. The lowest BCUT2D eigenvalue weighted by molar-refractivity contribution is -0.118. The highest BCUT2D eigenvalue weighted by Gasteiger charge is 2.29. The molecule has 0 bridgehead atoms. The van der Waals surface area contributed by atoms with Gasteiger partial charge in [0.15, 0.2) is 11.0 Å². The Morgan fingerprint density at radius 1 is 1.42 bits per heavy atom. The van der Waals surface area contributed by atoms with Gasteiger partial charge in [-0.2, -0.15) is 0 Å². The third-order valence-corrected chi connectivity index (χ3v) is 4.80. The molecule has 3 rings (SSSR count). The molecule has 1 aliphatic carbocycles. The summed E-state index contributed by atoms with van der Waals surface area (Å²) in [6.07, 6.45) is 2.27. The molecule has 1 aromatic heterocycles. The number of halogens is 1. The van der Waals surface area contributed by atoms with Crippen molar-refractivity contribution in [2.45, 2.75) is 37.6 Å². The van der Waals surface area contributed by atoms with Gasteiger partial charge in [-0.15, -0.1) is 10.2 Å². The monoisotopic (exact) mass is 366 g/mol. The van der Waals surface area contributed by atoms with Crippen LogP contribution in [0, 0.1) is 0 Å². The molecule has 2 aromatic rings. The highest BCUT2D eigenvalue weighted by atomic mass is 35.5. The van der Waals surface area contributed by atoms with Gasteiger partial charge in [-0.1, -0.05) is 35.5 Å². The second kappa shape index (κ2) is 7.90. The number of carbonyl (C=O) groups excluding carboxylic acids is 1. The molecule has 0 spiro atoms. The minimum Gasteiger partial charge on any atom is -0.484 e. The number of carbonyl (C=O) groups is 1. The molecule has 1 aromatic carbocycles. The number of aromatic nitrogens is 3. The van der Waals surface area contributed by atoms with Crippen LogP contribution in [0.5, 0.6) is 5.75 Å². The van der Waals surface area contributed by atoms with Crippen LogP contribution in [0.3, 0.4) is 0 Å². The van der Waals surface area contributed by atoms with Crippen LogP contribution in [0.1, 0.15) is 31.6 Å². The van der Waals surface area contributed by atoms with E-state index in [2.05, 4.69) is 20.1 Å². The number of para-hydroxylation sites is 1. The average Bonchev–Trinajstić information content (AvgIpc) is 3.32. The van der Waals surface area contributed by atoms with E-state index in [-0.39, 0.29) is 5.91 Å². The van der Waals surface area contributed by atoms with Crippen LogP contribution in [0.2, 0.25) is 5.02 Å². The SMILES string of the molecule is CC(=O)NCCSc1nnc(COc2ccccc2Cl)n1C1CC1. The van der Waals surface area contributed by atoms with Crippen LogP contribution in [0.25, 0.3) is 0 Å². The molecule has 0 atom stereocenters. The summed E-state index contributed by atoms with van der Waals surface area (Å²) in [5.74, 6) is 2.19. The van der Waals surface area contributed by atoms with Crippen molar-refractivity contribution < 1.29 is 9.53 Å². The molecule has 8 heteroatoms. The van der Waals surface area contributed by atoms with Gasteiger partial charge in [0.2, 0.25) is 5.91 Å². The first kappa shape index (κ1) is 17.1. The summed E-state index contributed by atoms with van der Waals surface area (Å²) in [5.41, 5.74) is 0. The molecule has 0 saturated heterocycles. The first-order valence-corrected chi connectivity index (χ1v) is 9.20. The van der Waals surface area contributed by atoms with Crippen molar-refractivity contribution in [3.8, 4) is 5.75 Å². The molecule has 1 saturated carbocycles. The minimum atomic E-state index is -0.0203. The zero-order chi connectivity index (χ0) is 16.9. The molecule has 6 nitrogen and oxygen atoms in total. The molecule has 1 fully saturated rings. The summed E-state index contributed by atoms with van der Waals surface area (Å²) >= 11 is 7.71. The molecule has 1 heterocycles. The Balaban J connectivity index is 1.63. The van der Waals surface area contributed by atoms with Gasteiger partial charge >= 0.3 is 0 Å². The molecule has 1 amide bonds. The standard InChI is InChI=1S/C16H19ClN4O2S/c1-11(22)18-8-9-24-16-20-19-15(21(16)12-6-7-12)10-23-14-5-3-2-4-13(14)17/h2-5,12H,6-10H2,1H3,(H,18,22). The first-order valence-electron chi connectivity index (χ1n) is 7.83. The maximum atomic E-state index is 10.9. The Bertz CT molecular complexity index is 718. The van der Waals surface area contributed by atoms with Gasteiger partial charge in [-0.05, 0) is 25.0 Å². The van der Waals surface area contributed by atoms with Crippen molar-refractivity contribution in [3.63, 3.8) is 0 Å². The van der Waals surface area contributed by atoms with Crippen LogP contribution in [-0.2, 0) is 11.4 Å². The molecule has 0 radical (unpaired) electrons. The summed E-state index contributed by atoms with van der Waals surface area (Å²) in [4.78, 5) is 10.9. The summed E-state index contributed by atoms with van der Waals surface area (Å²) in [6.45, 7) is 2.46. The van der Waals surface area contributed by atoms with Gasteiger partial charge in [-0.3, -0.25) is 4.79 Å². The maximum absolute atomic E-state index is 10.9. The predicted octanol–water partition coefficient (Wildman–Crippen LogP) is 3.07. The Morgan fingerprint density at radius 3 is 2.92 bits per heavy atom. The lowest BCUT2D eigenvalue weighted by atomic mass is 10.3. The fraction of sp³-hybridized carbons (Fsp3) is 0.438. The summed E-state index contributed by atoms with van der Waals surface area (Å²) in [5, 5.41) is 12.8. The highest BCUT2D eigenvalue weighted by Crippen LogP contribution is 2.39. The lowest BCUT2D eigenvalue weighted by Crippen LogP contribution is -2.22. The topological polar surface area (TPSA) is 69.0 Å². The number of nitrogens with one attached hydrogen (secondary N) is 1. The van der Waals surface area contributed by atoms with Crippen LogP contribution < -0.4 is 10.1 Å². The fourth-order valence-electron chi connectivity index (χ4n) is 2.28. The van der Waals surface area contributed by atoms with E-state index < -0.39 is 0 Å². The Kier molecular flexibility index (Phi) is 5.63. The predicted molar refractivity (Wildman–Crippen MR) is 93.5 cm³/mol. The average molecular weight is 367 g/mol. The lowest BCUT2D eigenvalue weighted by Gasteiger charge is -2.10. The van der Waals surface area contributed by atoms with E-state index in [0.717, 1.165) is 29.6 Å². The molecule has 24 heavy (non-hydrogen) atoms. The quantitative estimate of drug-likeness (QED) is 0.574. The van der Waals surface area contributed by atoms with Crippen LogP contribution >= 0.6 is 23.4 Å². The first-order chi connectivity index (χ1) is 11.6. The van der Waals surface area contributed by atoms with E-state index in [1.807, 2.05) is 18.2 Å². The van der Waals surface area contributed by atoms with E-state index >= 15 is 0 Å². The molecule has 0 aliphatic heterocycles. The summed E-state index contributed by atoms with van der Waals surface area (Å²) < 4.78 is 7.94. The van der Waals surface area contributed by atoms with E-state index in [1.165, 1.54) is 6.92 Å². The zero-order valence-corrected chi connectivity index (χ0v) is 14.9. The molecule has 1 N–H and O–H groups in total. The number of rotatable bonds is 8. The molecule has 128 valence electrons. The number of thioether (sulfide) groups is 1. The Morgan fingerprint density at radius 2 is 2.21 bits per heavy atom. The number of ether oxygens (including phenoxy) is 1. The molecule has 1 aliphatic rings. The molecular weight excluding hydrogens is 348 g/mol. The largest absolute Gasteiger partial charge is 0.484 e. The molecule has 0 unspecified atom stereocenters. The second-order valence-corrected chi connectivity index (χ2v) is 7.02. The highest BCUT2D eigenvalue weighted by molar-refractivity contribution is 7.99.